The summed E-state index contributed by atoms with van der Waals surface area (Å²) in [4.78, 5) is 14.3. The van der Waals surface area contributed by atoms with Gasteiger partial charge in [-0.25, -0.2) is 12.8 Å². The Labute approximate surface area is 164 Å². The molecule has 8 heteroatoms. The lowest BCUT2D eigenvalue weighted by Crippen LogP contribution is -2.32. The third-order valence-corrected chi connectivity index (χ3v) is 6.73. The summed E-state index contributed by atoms with van der Waals surface area (Å²) in [5.41, 5.74) is 0.711. The molecule has 27 heavy (non-hydrogen) atoms. The van der Waals surface area contributed by atoms with Gasteiger partial charge in [0.25, 0.3) is 5.91 Å². The largest absolute Gasteiger partial charge is 0.309 e. The Hall–Kier alpha value is -1.96. The molecule has 0 atom stereocenters. The molecule has 0 bridgehead atoms. The number of halogens is 2. The highest BCUT2D eigenvalue weighted by atomic mass is 35.5. The molecule has 0 aromatic heterocycles. The van der Waals surface area contributed by atoms with Crippen molar-refractivity contribution in [1.29, 1.82) is 0 Å². The quantitative estimate of drug-likeness (QED) is 0.685. The van der Waals surface area contributed by atoms with Gasteiger partial charge in [-0.15, -0.1) is 0 Å². The molecule has 2 aromatic rings. The van der Waals surface area contributed by atoms with Crippen molar-refractivity contribution in [2.75, 3.05) is 24.5 Å². The summed E-state index contributed by atoms with van der Waals surface area (Å²) in [7, 11) is -3.81. The molecular weight excluding hydrogens is 391 g/mol. The molecule has 2 aromatic carbocycles. The van der Waals surface area contributed by atoms with Gasteiger partial charge >= 0.3 is 0 Å². The van der Waals surface area contributed by atoms with Gasteiger partial charge in [0.1, 0.15) is 10.7 Å². The van der Waals surface area contributed by atoms with E-state index in [0.29, 0.717) is 25.3 Å². The van der Waals surface area contributed by atoms with E-state index in [1.165, 1.54) is 51.7 Å². The Balaban J connectivity index is 2.47. The Morgan fingerprint density at radius 1 is 1.00 bits per heavy atom. The summed E-state index contributed by atoms with van der Waals surface area (Å²) in [5, 5.41) is 0.0586. The van der Waals surface area contributed by atoms with E-state index >= 15 is 0 Å². The SMILES string of the molecule is CCN(C(=O)c1ccc(Cl)c(S(=O)(=O)N(CC)CC)c1)c1ccc(F)cc1. The Morgan fingerprint density at radius 2 is 1.59 bits per heavy atom. The van der Waals surface area contributed by atoms with Crippen LogP contribution >= 0.6 is 11.6 Å². The van der Waals surface area contributed by atoms with E-state index in [9.17, 15) is 17.6 Å². The van der Waals surface area contributed by atoms with Crippen LogP contribution in [0.25, 0.3) is 0 Å². The van der Waals surface area contributed by atoms with Crippen molar-refractivity contribution in [2.24, 2.45) is 0 Å². The lowest BCUT2D eigenvalue weighted by atomic mass is 10.1. The van der Waals surface area contributed by atoms with Gasteiger partial charge in [-0.3, -0.25) is 4.79 Å². The predicted molar refractivity (Wildman–Crippen MR) is 105 cm³/mol. The van der Waals surface area contributed by atoms with Crippen molar-refractivity contribution in [3.63, 3.8) is 0 Å². The first kappa shape index (κ1) is 21.3. The summed E-state index contributed by atoms with van der Waals surface area (Å²) in [5.74, 6) is -0.793. The second-order valence-electron chi connectivity index (χ2n) is 5.76. The van der Waals surface area contributed by atoms with Crippen LogP contribution in [0.5, 0.6) is 0 Å². The number of amides is 1. The highest BCUT2D eigenvalue weighted by molar-refractivity contribution is 7.89. The molecule has 0 radical (unpaired) electrons. The van der Waals surface area contributed by atoms with E-state index < -0.39 is 21.7 Å². The predicted octanol–water partition coefficient (Wildman–Crippen LogP) is 4.18. The van der Waals surface area contributed by atoms with Gasteiger partial charge in [-0.05, 0) is 49.4 Å². The fourth-order valence-corrected chi connectivity index (χ4v) is 4.72. The molecule has 0 aliphatic carbocycles. The number of rotatable bonds is 7. The van der Waals surface area contributed by atoms with Crippen LogP contribution in [0.2, 0.25) is 5.02 Å². The average molecular weight is 413 g/mol. The summed E-state index contributed by atoms with van der Waals surface area (Å²) in [6.07, 6.45) is 0. The van der Waals surface area contributed by atoms with E-state index in [1.54, 1.807) is 20.8 Å². The Morgan fingerprint density at radius 3 is 2.11 bits per heavy atom. The summed E-state index contributed by atoms with van der Waals surface area (Å²) < 4.78 is 40.1. The Kier molecular flexibility index (Phi) is 6.97. The minimum Gasteiger partial charge on any atom is -0.309 e. The van der Waals surface area contributed by atoms with E-state index in [4.69, 9.17) is 11.6 Å². The molecule has 0 spiro atoms. The normalized spacial score (nSPS) is 11.6. The van der Waals surface area contributed by atoms with Crippen LogP contribution in [0.3, 0.4) is 0 Å². The van der Waals surface area contributed by atoms with Gasteiger partial charge in [0.2, 0.25) is 10.0 Å². The van der Waals surface area contributed by atoms with E-state index in [2.05, 4.69) is 0 Å². The number of sulfonamides is 1. The van der Waals surface area contributed by atoms with Crippen LogP contribution in [0.4, 0.5) is 10.1 Å². The molecular formula is C19H22ClFN2O3S. The molecule has 5 nitrogen and oxygen atoms in total. The zero-order valence-corrected chi connectivity index (χ0v) is 17.0. The van der Waals surface area contributed by atoms with Crippen LogP contribution in [0, 0.1) is 5.82 Å². The van der Waals surface area contributed by atoms with Crippen LogP contribution in [-0.2, 0) is 10.0 Å². The number of carbonyl (C=O) groups excluding carboxylic acids is 1. The number of carbonyl (C=O) groups is 1. The topological polar surface area (TPSA) is 57.7 Å². The smallest absolute Gasteiger partial charge is 0.258 e. The Bertz CT molecular complexity index is 913. The maximum atomic E-state index is 13.2. The highest BCUT2D eigenvalue weighted by Gasteiger charge is 2.26. The third-order valence-electron chi connectivity index (χ3n) is 4.20. The van der Waals surface area contributed by atoms with E-state index in [1.807, 2.05) is 0 Å². The van der Waals surface area contributed by atoms with Crippen molar-refractivity contribution >= 4 is 33.2 Å². The first-order valence-electron chi connectivity index (χ1n) is 8.63. The maximum Gasteiger partial charge on any atom is 0.258 e. The van der Waals surface area contributed by atoms with Crippen molar-refractivity contribution in [3.8, 4) is 0 Å². The monoisotopic (exact) mass is 412 g/mol. The minimum atomic E-state index is -3.81. The van der Waals surface area contributed by atoms with Crippen LogP contribution in [-0.4, -0.2) is 38.3 Å². The minimum absolute atomic E-state index is 0.0586. The fourth-order valence-electron chi connectivity index (χ4n) is 2.76. The maximum absolute atomic E-state index is 13.2. The molecule has 0 unspecified atom stereocenters. The van der Waals surface area contributed by atoms with Gasteiger partial charge < -0.3 is 4.90 Å². The van der Waals surface area contributed by atoms with Crippen LogP contribution in [0.1, 0.15) is 31.1 Å². The summed E-state index contributed by atoms with van der Waals surface area (Å²) >= 11 is 6.12. The van der Waals surface area contributed by atoms with Gasteiger partial charge in [-0.1, -0.05) is 25.4 Å². The zero-order valence-electron chi connectivity index (χ0n) is 15.4. The highest BCUT2D eigenvalue weighted by Crippen LogP contribution is 2.27. The number of anilines is 1. The molecule has 0 heterocycles. The summed E-state index contributed by atoms with van der Waals surface area (Å²) in [6, 6.07) is 9.72. The van der Waals surface area contributed by atoms with E-state index in [-0.39, 0.29) is 15.5 Å². The lowest BCUT2D eigenvalue weighted by Gasteiger charge is -2.23. The molecule has 0 fully saturated rings. The first-order chi connectivity index (χ1) is 12.8. The van der Waals surface area contributed by atoms with Crippen molar-refractivity contribution in [2.45, 2.75) is 25.7 Å². The molecule has 0 aliphatic rings. The number of benzene rings is 2. The standard InChI is InChI=1S/C19H22ClFN2O3S/c1-4-22(5-2)27(25,26)18-13-14(7-12-17(18)20)19(24)23(6-3)16-10-8-15(21)9-11-16/h7-13H,4-6H2,1-3H3. The first-order valence-corrected chi connectivity index (χ1v) is 10.4. The molecule has 2 rings (SSSR count). The molecule has 0 N–H and O–H groups in total. The number of nitrogens with zero attached hydrogens (tertiary/aromatic N) is 2. The average Bonchev–Trinajstić information content (AvgIpc) is 2.64. The third kappa shape index (κ3) is 4.48. The fraction of sp³-hybridized carbons (Fsp3) is 0.316. The molecule has 0 saturated carbocycles. The van der Waals surface area contributed by atoms with Crippen LogP contribution in [0.15, 0.2) is 47.4 Å². The van der Waals surface area contributed by atoms with Gasteiger partial charge in [0.05, 0.1) is 5.02 Å². The molecule has 0 aliphatic heterocycles. The number of hydrogen-bond donors (Lipinski definition) is 0. The summed E-state index contributed by atoms with van der Waals surface area (Å²) in [6.45, 7) is 6.18. The van der Waals surface area contributed by atoms with Gasteiger partial charge in [-0.2, -0.15) is 4.31 Å². The lowest BCUT2D eigenvalue weighted by molar-refractivity contribution is 0.0988. The van der Waals surface area contributed by atoms with Gasteiger partial charge in [0, 0.05) is 30.9 Å². The van der Waals surface area contributed by atoms with Crippen molar-refractivity contribution in [3.05, 3.63) is 58.9 Å². The molecule has 146 valence electrons. The zero-order chi connectivity index (χ0) is 20.2. The van der Waals surface area contributed by atoms with Crippen molar-refractivity contribution in [1.82, 2.24) is 4.31 Å². The second-order valence-corrected chi connectivity index (χ2v) is 8.07. The van der Waals surface area contributed by atoms with Crippen molar-refractivity contribution < 1.29 is 17.6 Å². The van der Waals surface area contributed by atoms with E-state index in [0.717, 1.165) is 0 Å². The molecule has 1 amide bonds. The second kappa shape index (κ2) is 8.82. The molecule has 0 saturated heterocycles. The number of hydrogen-bond acceptors (Lipinski definition) is 3. The van der Waals surface area contributed by atoms with Gasteiger partial charge in [0.15, 0.2) is 0 Å². The van der Waals surface area contributed by atoms with Crippen LogP contribution < -0.4 is 4.90 Å².